The van der Waals surface area contributed by atoms with E-state index < -0.39 is 23.9 Å². The van der Waals surface area contributed by atoms with E-state index in [1.165, 1.54) is 24.3 Å². The van der Waals surface area contributed by atoms with Crippen molar-refractivity contribution in [3.63, 3.8) is 0 Å². The first-order valence-electron chi connectivity index (χ1n) is 8.81. The van der Waals surface area contributed by atoms with Crippen LogP contribution in [0.2, 0.25) is 0 Å². The summed E-state index contributed by atoms with van der Waals surface area (Å²) in [7, 11) is 0. The van der Waals surface area contributed by atoms with E-state index in [4.69, 9.17) is 9.47 Å². The van der Waals surface area contributed by atoms with Crippen molar-refractivity contribution in [2.45, 2.75) is 59.5 Å². The molecule has 0 spiro atoms. The van der Waals surface area contributed by atoms with Gasteiger partial charge in [0.2, 0.25) is 0 Å². The van der Waals surface area contributed by atoms with Gasteiger partial charge in [-0.05, 0) is 58.9 Å². The highest BCUT2D eigenvalue weighted by atomic mass is 32.1. The molecule has 7 heteroatoms. The molecular weight excluding hydrogens is 354 g/mol. The van der Waals surface area contributed by atoms with Crippen LogP contribution in [0.1, 0.15) is 61.3 Å². The lowest BCUT2D eigenvalue weighted by Gasteiger charge is -2.14. The van der Waals surface area contributed by atoms with Gasteiger partial charge in [-0.2, -0.15) is 0 Å². The van der Waals surface area contributed by atoms with Gasteiger partial charge in [-0.15, -0.1) is 11.3 Å². The van der Waals surface area contributed by atoms with Gasteiger partial charge in [0.25, 0.3) is 5.91 Å². The number of thiophene rings is 1. The Hall–Kier alpha value is -2.15. The second-order valence-electron chi connectivity index (χ2n) is 6.43. The highest BCUT2D eigenvalue weighted by Crippen LogP contribution is 2.38. The number of carbonyl (C=O) groups is 3. The van der Waals surface area contributed by atoms with Gasteiger partial charge < -0.3 is 14.8 Å². The Kier molecular flexibility index (Phi) is 6.97. The molecule has 1 aromatic rings. The zero-order valence-electron chi connectivity index (χ0n) is 15.6. The molecule has 1 aliphatic rings. The van der Waals surface area contributed by atoms with Crippen LogP contribution in [-0.2, 0) is 31.9 Å². The molecule has 0 saturated heterocycles. The van der Waals surface area contributed by atoms with Crippen LogP contribution in [-0.4, -0.2) is 30.6 Å². The number of hydrogen-bond acceptors (Lipinski definition) is 6. The van der Waals surface area contributed by atoms with Crippen molar-refractivity contribution in [1.29, 1.82) is 0 Å². The monoisotopic (exact) mass is 379 g/mol. The summed E-state index contributed by atoms with van der Waals surface area (Å²) in [5, 5.41) is 3.22. The predicted molar refractivity (Wildman–Crippen MR) is 101 cm³/mol. The molecule has 26 heavy (non-hydrogen) atoms. The molecule has 1 aliphatic carbocycles. The smallest absolute Gasteiger partial charge is 0.341 e. The lowest BCUT2D eigenvalue weighted by atomic mass is 9.95. The quantitative estimate of drug-likeness (QED) is 0.603. The molecule has 1 unspecified atom stereocenters. The Morgan fingerprint density at radius 3 is 2.58 bits per heavy atom. The number of aryl methyl sites for hydroxylation is 1. The highest BCUT2D eigenvalue weighted by Gasteiger charge is 2.28. The second kappa shape index (κ2) is 8.98. The lowest BCUT2D eigenvalue weighted by Crippen LogP contribution is -2.29. The molecule has 1 aromatic heterocycles. The molecule has 1 atom stereocenters. The number of nitrogens with one attached hydrogen (secondary N) is 1. The summed E-state index contributed by atoms with van der Waals surface area (Å²) in [6.07, 6.45) is 4.15. The van der Waals surface area contributed by atoms with Crippen LogP contribution in [0.3, 0.4) is 0 Å². The second-order valence-corrected chi connectivity index (χ2v) is 7.53. The lowest BCUT2D eigenvalue weighted by molar-refractivity contribution is -0.148. The summed E-state index contributed by atoms with van der Waals surface area (Å²) in [6.45, 7) is 7.07. The number of ether oxygens (including phenoxy) is 2. The molecular formula is C19H25NO5S. The highest BCUT2D eigenvalue weighted by molar-refractivity contribution is 7.17. The maximum atomic E-state index is 12.4. The number of fused-ring (bicyclic) bond motifs is 1. The minimum absolute atomic E-state index is 0.271. The Bertz CT molecular complexity index is 731. The molecule has 6 nitrogen and oxygen atoms in total. The molecule has 0 fully saturated rings. The summed E-state index contributed by atoms with van der Waals surface area (Å²) in [5.41, 5.74) is 2.21. The molecule has 0 aromatic carbocycles. The molecule has 1 amide bonds. The maximum absolute atomic E-state index is 12.4. The minimum Gasteiger partial charge on any atom is -0.462 e. The number of esters is 2. The van der Waals surface area contributed by atoms with Gasteiger partial charge in [-0.1, -0.05) is 5.57 Å². The Morgan fingerprint density at radius 1 is 1.23 bits per heavy atom. The van der Waals surface area contributed by atoms with E-state index in [9.17, 15) is 14.4 Å². The van der Waals surface area contributed by atoms with E-state index in [1.807, 2.05) is 0 Å². The van der Waals surface area contributed by atoms with Crippen LogP contribution < -0.4 is 5.32 Å². The fourth-order valence-electron chi connectivity index (χ4n) is 2.78. The van der Waals surface area contributed by atoms with Crippen molar-refractivity contribution < 1.29 is 23.9 Å². The van der Waals surface area contributed by atoms with Crippen molar-refractivity contribution >= 4 is 34.2 Å². The van der Waals surface area contributed by atoms with E-state index in [0.717, 1.165) is 41.7 Å². The fourth-order valence-corrected chi connectivity index (χ4v) is 4.06. The van der Waals surface area contributed by atoms with Crippen LogP contribution in [0.15, 0.2) is 11.6 Å². The molecule has 0 radical (unpaired) electrons. The van der Waals surface area contributed by atoms with Gasteiger partial charge >= 0.3 is 11.9 Å². The Balaban J connectivity index is 2.18. The van der Waals surface area contributed by atoms with E-state index in [0.29, 0.717) is 10.6 Å². The number of hydrogen-bond donors (Lipinski definition) is 1. The third-order valence-electron chi connectivity index (χ3n) is 3.96. The largest absolute Gasteiger partial charge is 0.462 e. The third-order valence-corrected chi connectivity index (χ3v) is 5.16. The number of rotatable bonds is 6. The van der Waals surface area contributed by atoms with Gasteiger partial charge in [0, 0.05) is 11.0 Å². The Labute approximate surface area is 157 Å². The van der Waals surface area contributed by atoms with Crippen LogP contribution in [0.25, 0.3) is 0 Å². The standard InChI is InChI=1S/C19H25NO5S/c1-5-24-19(23)16-13-8-6-7-9-14(13)26-18(16)20-17(22)12(4)25-15(21)10-11(2)3/h10,12H,5-9H2,1-4H3,(H,20,22). The van der Waals surface area contributed by atoms with E-state index in [1.54, 1.807) is 20.8 Å². The average molecular weight is 379 g/mol. The molecule has 1 heterocycles. The first kappa shape index (κ1) is 20.2. The van der Waals surface area contributed by atoms with E-state index >= 15 is 0 Å². The van der Waals surface area contributed by atoms with Gasteiger partial charge in [0.05, 0.1) is 12.2 Å². The van der Waals surface area contributed by atoms with Crippen LogP contribution >= 0.6 is 11.3 Å². The summed E-state index contributed by atoms with van der Waals surface area (Å²) in [6, 6.07) is 0. The SMILES string of the molecule is CCOC(=O)c1c(NC(=O)C(C)OC(=O)C=C(C)C)sc2c1CCCC2. The van der Waals surface area contributed by atoms with Crippen molar-refractivity contribution in [2.75, 3.05) is 11.9 Å². The zero-order valence-corrected chi connectivity index (χ0v) is 16.5. The molecule has 0 aliphatic heterocycles. The minimum atomic E-state index is -0.965. The maximum Gasteiger partial charge on any atom is 0.341 e. The first-order valence-corrected chi connectivity index (χ1v) is 9.63. The van der Waals surface area contributed by atoms with Gasteiger partial charge in [0.1, 0.15) is 5.00 Å². The zero-order chi connectivity index (χ0) is 19.3. The number of carbonyl (C=O) groups excluding carboxylic acids is 3. The summed E-state index contributed by atoms with van der Waals surface area (Å²) in [5.74, 6) is -1.45. The van der Waals surface area contributed by atoms with Gasteiger partial charge in [0.15, 0.2) is 6.10 Å². The molecule has 1 N–H and O–H groups in total. The van der Waals surface area contributed by atoms with Gasteiger partial charge in [-0.3, -0.25) is 4.79 Å². The third kappa shape index (κ3) is 4.94. The molecule has 0 bridgehead atoms. The number of anilines is 1. The van der Waals surface area contributed by atoms with Crippen LogP contribution in [0.5, 0.6) is 0 Å². The van der Waals surface area contributed by atoms with E-state index in [2.05, 4.69) is 5.32 Å². The fraction of sp³-hybridized carbons (Fsp3) is 0.526. The number of amides is 1. The van der Waals surface area contributed by atoms with Crippen LogP contribution in [0.4, 0.5) is 5.00 Å². The van der Waals surface area contributed by atoms with Crippen LogP contribution in [0, 0.1) is 0 Å². The van der Waals surface area contributed by atoms with Crippen molar-refractivity contribution in [3.05, 3.63) is 27.7 Å². The average Bonchev–Trinajstić information content (AvgIpc) is 2.91. The molecule has 2 rings (SSSR count). The van der Waals surface area contributed by atoms with Crippen molar-refractivity contribution in [2.24, 2.45) is 0 Å². The van der Waals surface area contributed by atoms with Crippen molar-refractivity contribution in [3.8, 4) is 0 Å². The first-order chi connectivity index (χ1) is 12.3. The summed E-state index contributed by atoms with van der Waals surface area (Å²) < 4.78 is 10.3. The normalized spacial score (nSPS) is 14.0. The summed E-state index contributed by atoms with van der Waals surface area (Å²) in [4.78, 5) is 37.6. The topological polar surface area (TPSA) is 81.7 Å². The summed E-state index contributed by atoms with van der Waals surface area (Å²) >= 11 is 1.41. The number of allylic oxidation sites excluding steroid dienone is 1. The van der Waals surface area contributed by atoms with E-state index in [-0.39, 0.29) is 6.61 Å². The Morgan fingerprint density at radius 2 is 1.92 bits per heavy atom. The molecule has 142 valence electrons. The predicted octanol–water partition coefficient (Wildman–Crippen LogP) is 3.64. The van der Waals surface area contributed by atoms with Gasteiger partial charge in [-0.25, -0.2) is 9.59 Å². The van der Waals surface area contributed by atoms with Crippen molar-refractivity contribution in [1.82, 2.24) is 0 Å². The molecule has 0 saturated carbocycles.